The molecule has 0 bridgehead atoms. The molecule has 1 fully saturated rings. The molecule has 1 aliphatic heterocycles. The number of aliphatic hydroxyl groups is 1. The number of rotatable bonds is 8. The fourth-order valence-corrected chi connectivity index (χ4v) is 3.19. The maximum atomic E-state index is 15.0. The molecule has 34 heavy (non-hydrogen) atoms. The number of aliphatic imine (C=N–C) groups is 1. The van der Waals surface area contributed by atoms with E-state index >= 15 is 0 Å². The molecule has 1 aromatic heterocycles. The summed E-state index contributed by atoms with van der Waals surface area (Å²) in [4.78, 5) is 30.4. The Balaban J connectivity index is 0.00000408. The smallest absolute Gasteiger partial charge is 0.411 e. The molecule has 1 amide bonds. The molecule has 2 heterocycles. The van der Waals surface area contributed by atoms with Gasteiger partial charge in [0.15, 0.2) is 5.96 Å². The summed E-state index contributed by atoms with van der Waals surface area (Å²) in [5, 5.41) is 23.4. The summed E-state index contributed by atoms with van der Waals surface area (Å²) in [6.07, 6.45) is 3.79. The lowest BCUT2D eigenvalue weighted by Gasteiger charge is -2.27. The van der Waals surface area contributed by atoms with Gasteiger partial charge in [0.2, 0.25) is 5.95 Å². The van der Waals surface area contributed by atoms with Gasteiger partial charge in [-0.05, 0) is 0 Å². The van der Waals surface area contributed by atoms with Crippen LogP contribution in [0, 0.1) is 5.82 Å². The molecule has 0 aliphatic carbocycles. The van der Waals surface area contributed by atoms with Crippen molar-refractivity contribution < 1.29 is 24.2 Å². The number of carbonyl (C=O) groups is 1. The van der Waals surface area contributed by atoms with Gasteiger partial charge in [0, 0.05) is 68.0 Å². The van der Waals surface area contributed by atoms with Crippen LogP contribution in [0.25, 0.3) is 11.1 Å². The number of carboxylic acid groups (broad SMARTS) is 1. The number of hydrogen-bond donors (Lipinski definition) is 4. The average molecular weight is 496 g/mol. The van der Waals surface area contributed by atoms with E-state index < -0.39 is 11.9 Å². The van der Waals surface area contributed by atoms with Gasteiger partial charge in [-0.2, -0.15) is 0 Å². The standard InChI is InChI=1S/C21H26FN7O4.ClH/c22-18-14(11-24-19(23)27-21(31)32)3-1-4-17(18)15-12-25-20(26-13-15)29-7-5-16(6-8-29)28-33-10-2-9-30;/h1,3-4,12-13,30H,2,5-11H2,(H,31,32)(H3,23,24,27);1H. The Hall–Kier alpha value is -3.51. The Labute approximate surface area is 202 Å². The maximum Gasteiger partial charge on any atom is 0.411 e. The summed E-state index contributed by atoms with van der Waals surface area (Å²) in [5.41, 5.74) is 7.48. The van der Waals surface area contributed by atoms with E-state index in [1.54, 1.807) is 30.6 Å². The lowest BCUT2D eigenvalue weighted by Crippen LogP contribution is -2.35. The van der Waals surface area contributed by atoms with Crippen LogP contribution in [0.15, 0.2) is 40.7 Å². The van der Waals surface area contributed by atoms with Crippen molar-refractivity contribution in [3.8, 4) is 11.1 Å². The van der Waals surface area contributed by atoms with Gasteiger partial charge in [-0.25, -0.2) is 24.1 Å². The molecule has 0 radical (unpaired) electrons. The summed E-state index contributed by atoms with van der Waals surface area (Å²) >= 11 is 0. The second kappa shape index (κ2) is 13.3. The van der Waals surface area contributed by atoms with E-state index in [1.807, 2.05) is 10.2 Å². The first-order valence-electron chi connectivity index (χ1n) is 10.4. The molecule has 13 heteroatoms. The SMILES string of the molecule is Cl.NC(=NCc1cccc(-c2cnc(N3CCC(=NOCCCO)CC3)nc2)c1F)NC(=O)O. The molecule has 1 aromatic carbocycles. The maximum absolute atomic E-state index is 15.0. The number of oxime groups is 1. The summed E-state index contributed by atoms with van der Waals surface area (Å²) in [6.45, 7) is 1.73. The molecule has 0 saturated carbocycles. The summed E-state index contributed by atoms with van der Waals surface area (Å²) in [5.74, 6) is -0.264. The number of benzene rings is 1. The highest BCUT2D eigenvalue weighted by Gasteiger charge is 2.18. The summed E-state index contributed by atoms with van der Waals surface area (Å²) < 4.78 is 15.0. The monoisotopic (exact) mass is 495 g/mol. The Morgan fingerprint density at radius 1 is 1.26 bits per heavy atom. The third-order valence-electron chi connectivity index (χ3n) is 4.89. The van der Waals surface area contributed by atoms with Crippen molar-refractivity contribution in [2.24, 2.45) is 15.9 Å². The van der Waals surface area contributed by atoms with Gasteiger partial charge in [-0.3, -0.25) is 5.32 Å². The highest BCUT2D eigenvalue weighted by atomic mass is 35.5. The minimum Gasteiger partial charge on any atom is -0.465 e. The van der Waals surface area contributed by atoms with Crippen molar-refractivity contribution in [3.05, 3.63) is 42.0 Å². The zero-order valence-electron chi connectivity index (χ0n) is 18.4. The van der Waals surface area contributed by atoms with Crippen LogP contribution in [0.3, 0.4) is 0 Å². The Morgan fingerprint density at radius 2 is 1.97 bits per heavy atom. The third kappa shape index (κ3) is 7.52. The quantitative estimate of drug-likeness (QED) is 0.187. The van der Waals surface area contributed by atoms with Crippen molar-refractivity contribution in [3.63, 3.8) is 0 Å². The van der Waals surface area contributed by atoms with Gasteiger partial charge >= 0.3 is 6.09 Å². The average Bonchev–Trinajstić information content (AvgIpc) is 2.81. The number of anilines is 1. The second-order valence-electron chi connectivity index (χ2n) is 7.24. The van der Waals surface area contributed by atoms with Crippen LogP contribution >= 0.6 is 12.4 Å². The summed E-state index contributed by atoms with van der Waals surface area (Å²) in [6, 6.07) is 4.83. The van der Waals surface area contributed by atoms with Gasteiger partial charge in [-0.1, -0.05) is 23.4 Å². The van der Waals surface area contributed by atoms with E-state index in [2.05, 4.69) is 20.1 Å². The molecule has 2 aromatic rings. The molecule has 11 nitrogen and oxygen atoms in total. The van der Waals surface area contributed by atoms with E-state index in [4.69, 9.17) is 20.8 Å². The number of guanidine groups is 1. The fraction of sp³-hybridized carbons (Fsp3) is 0.381. The second-order valence-corrected chi connectivity index (χ2v) is 7.24. The number of aromatic nitrogens is 2. The van der Waals surface area contributed by atoms with Crippen LogP contribution in [0.5, 0.6) is 0 Å². The van der Waals surface area contributed by atoms with E-state index in [1.165, 1.54) is 0 Å². The Morgan fingerprint density at radius 3 is 2.62 bits per heavy atom. The largest absolute Gasteiger partial charge is 0.465 e. The molecule has 5 N–H and O–H groups in total. The molecule has 1 aliphatic rings. The van der Waals surface area contributed by atoms with Gasteiger partial charge in [-0.15, -0.1) is 12.4 Å². The zero-order chi connectivity index (χ0) is 23.6. The van der Waals surface area contributed by atoms with Crippen LogP contribution in [0.2, 0.25) is 0 Å². The molecule has 0 atom stereocenters. The molecule has 184 valence electrons. The number of halogens is 2. The normalized spacial score (nSPS) is 13.8. The number of piperidine rings is 1. The number of nitrogens with one attached hydrogen (secondary N) is 1. The van der Waals surface area contributed by atoms with E-state index in [0.29, 0.717) is 43.2 Å². The number of hydrogen-bond acceptors (Lipinski definition) is 8. The van der Waals surface area contributed by atoms with Crippen LogP contribution in [0.1, 0.15) is 24.8 Å². The highest BCUT2D eigenvalue weighted by Crippen LogP contribution is 2.25. The van der Waals surface area contributed by atoms with Gasteiger partial charge in [0.05, 0.1) is 12.3 Å². The first-order chi connectivity index (χ1) is 16.0. The van der Waals surface area contributed by atoms with Crippen molar-refractivity contribution in [1.29, 1.82) is 0 Å². The summed E-state index contributed by atoms with van der Waals surface area (Å²) in [7, 11) is 0. The molecular weight excluding hydrogens is 469 g/mol. The van der Waals surface area contributed by atoms with Crippen LogP contribution in [-0.2, 0) is 11.4 Å². The molecule has 3 rings (SSSR count). The topological polar surface area (TPSA) is 159 Å². The van der Waals surface area contributed by atoms with Gasteiger partial charge < -0.3 is 25.7 Å². The van der Waals surface area contributed by atoms with Crippen molar-refractivity contribution in [2.75, 3.05) is 31.2 Å². The minimum atomic E-state index is -1.34. The van der Waals surface area contributed by atoms with Crippen LogP contribution < -0.4 is 16.0 Å². The predicted octanol–water partition coefficient (Wildman–Crippen LogP) is 2.14. The minimum absolute atomic E-state index is 0. The predicted molar refractivity (Wildman–Crippen MR) is 128 cm³/mol. The molecule has 0 spiro atoms. The molecule has 1 saturated heterocycles. The Bertz CT molecular complexity index is 1010. The van der Waals surface area contributed by atoms with Gasteiger partial charge in [0.25, 0.3) is 0 Å². The van der Waals surface area contributed by atoms with Gasteiger partial charge in [0.1, 0.15) is 12.4 Å². The van der Waals surface area contributed by atoms with Crippen molar-refractivity contribution >= 4 is 36.1 Å². The lowest BCUT2D eigenvalue weighted by atomic mass is 10.0. The van der Waals surface area contributed by atoms with Crippen molar-refractivity contribution in [2.45, 2.75) is 25.8 Å². The number of aliphatic hydroxyl groups excluding tert-OH is 1. The third-order valence-corrected chi connectivity index (χ3v) is 4.89. The fourth-order valence-electron chi connectivity index (χ4n) is 3.19. The van der Waals surface area contributed by atoms with Crippen LogP contribution in [-0.4, -0.2) is 64.2 Å². The number of amides is 1. The highest BCUT2D eigenvalue weighted by molar-refractivity contribution is 5.92. The zero-order valence-corrected chi connectivity index (χ0v) is 19.2. The number of nitrogens with zero attached hydrogens (tertiary/aromatic N) is 5. The van der Waals surface area contributed by atoms with Crippen molar-refractivity contribution in [1.82, 2.24) is 15.3 Å². The first kappa shape index (κ1) is 26.7. The van der Waals surface area contributed by atoms with Crippen LogP contribution in [0.4, 0.5) is 15.1 Å². The van der Waals surface area contributed by atoms with E-state index in [0.717, 1.165) is 18.6 Å². The lowest BCUT2D eigenvalue weighted by molar-refractivity contribution is 0.122. The molecule has 0 unspecified atom stereocenters. The molecular formula is C21H27ClFN7O4. The van der Waals surface area contributed by atoms with E-state index in [9.17, 15) is 9.18 Å². The first-order valence-corrected chi connectivity index (χ1v) is 10.4. The van der Waals surface area contributed by atoms with E-state index in [-0.39, 0.29) is 37.1 Å². The number of nitrogens with two attached hydrogens (primary N) is 1. The Kier molecular flexibility index (Phi) is 10.4.